The Morgan fingerprint density at radius 2 is 1.90 bits per heavy atom. The summed E-state index contributed by atoms with van der Waals surface area (Å²) in [4.78, 5) is 50.3. The summed E-state index contributed by atoms with van der Waals surface area (Å²) in [5.74, 6) is -0.0412. The first-order valence-electron chi connectivity index (χ1n) is 13.4. The maximum absolute atomic E-state index is 13.5. The number of carbonyl (C=O) groups excluding carboxylic acids is 2. The van der Waals surface area contributed by atoms with E-state index in [1.807, 2.05) is 74.6 Å². The largest absolute Gasteiger partial charge is 0.372 e. The minimum absolute atomic E-state index is 0.00354. The van der Waals surface area contributed by atoms with Crippen LogP contribution in [0.2, 0.25) is 0 Å². The van der Waals surface area contributed by atoms with Crippen LogP contribution in [0.5, 0.6) is 0 Å². The maximum Gasteiger partial charge on any atom is 0.258 e. The lowest BCUT2D eigenvalue weighted by Crippen LogP contribution is -2.43. The number of aromatic nitrogens is 2. The molecule has 1 aromatic carbocycles. The molecule has 0 saturated heterocycles. The zero-order valence-electron chi connectivity index (χ0n) is 23.0. The smallest absolute Gasteiger partial charge is 0.258 e. The fraction of sp³-hybridized carbons (Fsp3) is 0.400. The van der Waals surface area contributed by atoms with Gasteiger partial charge in [-0.25, -0.2) is 4.98 Å². The Labute approximate surface area is 232 Å². The lowest BCUT2D eigenvalue weighted by atomic mass is 9.91. The van der Waals surface area contributed by atoms with Crippen LogP contribution in [-0.4, -0.2) is 69.2 Å². The summed E-state index contributed by atoms with van der Waals surface area (Å²) in [6.07, 6.45) is 6.00. The van der Waals surface area contributed by atoms with Gasteiger partial charge in [0.25, 0.3) is 5.56 Å². The number of carbonyl (C=O) groups is 2. The molecule has 0 radical (unpaired) electrons. The summed E-state index contributed by atoms with van der Waals surface area (Å²) in [6.45, 7) is 9.13. The third-order valence-electron chi connectivity index (χ3n) is 7.50. The highest BCUT2D eigenvalue weighted by Crippen LogP contribution is 2.35. The molecule has 2 aliphatic rings. The van der Waals surface area contributed by atoms with E-state index in [2.05, 4.69) is 16.0 Å². The molecule has 5 rings (SSSR count). The highest BCUT2D eigenvalue weighted by Gasteiger charge is 2.41. The number of amides is 1. The molecule has 0 bridgehead atoms. The molecule has 0 saturated carbocycles. The van der Waals surface area contributed by atoms with Gasteiger partial charge in [-0.05, 0) is 49.9 Å². The predicted octanol–water partition coefficient (Wildman–Crippen LogP) is 3.89. The van der Waals surface area contributed by atoms with Crippen LogP contribution in [0.1, 0.15) is 32.2 Å². The summed E-state index contributed by atoms with van der Waals surface area (Å²) < 4.78 is 1.75. The van der Waals surface area contributed by atoms with Crippen molar-refractivity contribution in [2.24, 2.45) is 5.41 Å². The highest BCUT2D eigenvalue weighted by molar-refractivity contribution is 7.09. The molecule has 0 unspecified atom stereocenters. The first-order chi connectivity index (χ1) is 18.7. The van der Waals surface area contributed by atoms with Crippen molar-refractivity contribution >= 4 is 33.8 Å². The van der Waals surface area contributed by atoms with Gasteiger partial charge in [-0.3, -0.25) is 19.3 Å². The first kappa shape index (κ1) is 27.0. The van der Waals surface area contributed by atoms with Gasteiger partial charge in [-0.2, -0.15) is 0 Å². The molecule has 1 aliphatic carbocycles. The number of benzene rings is 1. The number of hydrogen-bond donors (Lipinski definition) is 0. The number of thiazole rings is 1. The van der Waals surface area contributed by atoms with E-state index in [9.17, 15) is 14.4 Å². The van der Waals surface area contributed by atoms with Crippen molar-refractivity contribution in [1.29, 1.82) is 0 Å². The van der Waals surface area contributed by atoms with Crippen LogP contribution in [0.25, 0.3) is 10.8 Å². The van der Waals surface area contributed by atoms with Crippen LogP contribution in [0, 0.1) is 5.41 Å². The molecule has 0 spiro atoms. The Kier molecular flexibility index (Phi) is 7.55. The number of fused-ring (bicyclic) bond motifs is 1. The highest BCUT2D eigenvalue weighted by atomic mass is 32.1. The average molecular weight is 546 g/mol. The fourth-order valence-electron chi connectivity index (χ4n) is 5.62. The number of pyridine rings is 1. The lowest BCUT2D eigenvalue weighted by Gasteiger charge is -2.30. The average Bonchev–Trinajstić information content (AvgIpc) is 3.40. The number of nitrogens with zero attached hydrogens (tertiary/aromatic N) is 5. The Hall–Kier alpha value is -3.56. The summed E-state index contributed by atoms with van der Waals surface area (Å²) in [6, 6.07) is 9.61. The van der Waals surface area contributed by atoms with E-state index >= 15 is 0 Å². The predicted molar refractivity (Wildman–Crippen MR) is 154 cm³/mol. The van der Waals surface area contributed by atoms with Gasteiger partial charge in [0.1, 0.15) is 10.7 Å². The van der Waals surface area contributed by atoms with Crippen LogP contribution in [0.15, 0.2) is 75.9 Å². The van der Waals surface area contributed by atoms with Crippen molar-refractivity contribution < 1.29 is 9.59 Å². The first-order valence-corrected chi connectivity index (χ1v) is 14.2. The maximum atomic E-state index is 13.5. The molecule has 0 fully saturated rings. The number of ketones is 1. The van der Waals surface area contributed by atoms with E-state index in [1.54, 1.807) is 27.0 Å². The molecular weight excluding hydrogens is 510 g/mol. The van der Waals surface area contributed by atoms with Crippen LogP contribution in [-0.2, 0) is 22.7 Å². The van der Waals surface area contributed by atoms with E-state index in [-0.39, 0.29) is 23.7 Å². The molecule has 204 valence electrons. The van der Waals surface area contributed by atoms with Gasteiger partial charge in [0.05, 0.1) is 17.7 Å². The minimum Gasteiger partial charge on any atom is -0.372 e. The van der Waals surface area contributed by atoms with Crippen LogP contribution in [0.4, 0.5) is 0 Å². The molecule has 1 amide bonds. The van der Waals surface area contributed by atoms with Crippen molar-refractivity contribution in [1.82, 2.24) is 24.3 Å². The van der Waals surface area contributed by atoms with Crippen LogP contribution in [0.3, 0.4) is 0 Å². The minimum atomic E-state index is -0.597. The van der Waals surface area contributed by atoms with Gasteiger partial charge in [0.2, 0.25) is 5.91 Å². The Morgan fingerprint density at radius 3 is 2.64 bits per heavy atom. The summed E-state index contributed by atoms with van der Waals surface area (Å²) in [5.41, 5.74) is 1.71. The van der Waals surface area contributed by atoms with Crippen LogP contribution >= 0.6 is 11.3 Å². The van der Waals surface area contributed by atoms with Gasteiger partial charge in [-0.15, -0.1) is 11.3 Å². The standard InChI is InChI=1S/C30H35N5O3S/c1-5-35-27-24(32(4)20-30(2,3)29(35)38)16-21(17-25(27)36)18-33(19-26-31-11-15-39-26)13-14-34-12-10-22-8-6-7-9-23(22)28(34)37/h6-12,15-16H,5,13-14,17-20H2,1-4H3. The van der Waals surface area contributed by atoms with Crippen LogP contribution < -0.4 is 5.56 Å². The second kappa shape index (κ2) is 10.9. The van der Waals surface area contributed by atoms with Crippen molar-refractivity contribution in [2.75, 3.05) is 33.2 Å². The number of hydrogen-bond acceptors (Lipinski definition) is 7. The normalized spacial score (nSPS) is 17.6. The molecular formula is C30H35N5O3S. The number of Topliss-reactive ketones (excluding diaryl/α,β-unsaturated/α-hetero) is 1. The molecule has 39 heavy (non-hydrogen) atoms. The topological polar surface area (TPSA) is 78.8 Å². The second-order valence-electron chi connectivity index (χ2n) is 11.0. The lowest BCUT2D eigenvalue weighted by molar-refractivity contribution is -0.139. The van der Waals surface area contributed by atoms with Gasteiger partial charge >= 0.3 is 0 Å². The number of rotatable bonds is 8. The molecule has 8 nitrogen and oxygen atoms in total. The summed E-state index contributed by atoms with van der Waals surface area (Å²) in [5, 5.41) is 4.59. The number of allylic oxidation sites excluding steroid dienone is 2. The van der Waals surface area contributed by atoms with E-state index in [4.69, 9.17) is 0 Å². The van der Waals surface area contributed by atoms with Gasteiger partial charge < -0.3 is 14.4 Å². The molecule has 0 N–H and O–H groups in total. The monoisotopic (exact) mass is 545 g/mol. The molecule has 2 aromatic heterocycles. The SMILES string of the molecule is CCN1C(=O)C(C)(C)CN(C)C2=C1C(=O)CC(CN(CCn1ccc3ccccc3c1=O)Cc1nccs1)=C2. The van der Waals surface area contributed by atoms with Crippen molar-refractivity contribution in [3.63, 3.8) is 0 Å². The Morgan fingerprint density at radius 1 is 1.10 bits per heavy atom. The van der Waals surface area contributed by atoms with Crippen molar-refractivity contribution in [3.8, 4) is 0 Å². The molecule has 1 aliphatic heterocycles. The summed E-state index contributed by atoms with van der Waals surface area (Å²) >= 11 is 1.60. The van der Waals surface area contributed by atoms with E-state index in [0.717, 1.165) is 21.7 Å². The molecule has 3 aromatic rings. The summed E-state index contributed by atoms with van der Waals surface area (Å²) in [7, 11) is 1.95. The van der Waals surface area contributed by atoms with Gasteiger partial charge in [0, 0.05) is 69.4 Å². The molecule has 0 atom stereocenters. The van der Waals surface area contributed by atoms with Gasteiger partial charge in [0.15, 0.2) is 5.78 Å². The van der Waals surface area contributed by atoms with Gasteiger partial charge in [-0.1, -0.05) is 18.2 Å². The Balaban J connectivity index is 1.42. The molecule has 9 heteroatoms. The van der Waals surface area contributed by atoms with Crippen molar-refractivity contribution in [3.05, 3.63) is 86.5 Å². The van der Waals surface area contributed by atoms with Crippen molar-refractivity contribution in [2.45, 2.75) is 40.3 Å². The van der Waals surface area contributed by atoms with E-state index < -0.39 is 5.41 Å². The van der Waals surface area contributed by atoms with E-state index in [0.29, 0.717) is 50.4 Å². The fourth-order valence-corrected chi connectivity index (χ4v) is 6.28. The second-order valence-corrected chi connectivity index (χ2v) is 11.9. The molecule has 3 heterocycles. The third kappa shape index (κ3) is 5.46. The third-order valence-corrected chi connectivity index (χ3v) is 8.27. The zero-order chi connectivity index (χ0) is 27.7. The Bertz CT molecular complexity index is 1520. The quantitative estimate of drug-likeness (QED) is 0.427. The van der Waals surface area contributed by atoms with E-state index in [1.165, 1.54) is 0 Å². The zero-order valence-corrected chi connectivity index (χ0v) is 23.8. The number of likely N-dealkylation sites (N-methyl/N-ethyl adjacent to an activating group) is 2.